The van der Waals surface area contributed by atoms with Crippen LogP contribution in [0.1, 0.15) is 36.3 Å². The van der Waals surface area contributed by atoms with Gasteiger partial charge in [-0.3, -0.25) is 4.79 Å². The summed E-state index contributed by atoms with van der Waals surface area (Å²) in [5.41, 5.74) is 1.90. The van der Waals surface area contributed by atoms with E-state index in [2.05, 4.69) is 25.6 Å². The molecule has 0 atom stereocenters. The fraction of sp³-hybridized carbons (Fsp3) is 0.375. The zero-order chi connectivity index (χ0) is 18.1. The van der Waals surface area contributed by atoms with Crippen LogP contribution in [0.5, 0.6) is 0 Å². The van der Waals surface area contributed by atoms with Gasteiger partial charge in [0.05, 0.1) is 11.4 Å². The number of nitrogens with zero attached hydrogens (tertiary/aromatic N) is 5. The van der Waals surface area contributed by atoms with Crippen molar-refractivity contribution in [3.63, 3.8) is 0 Å². The zero-order valence-corrected chi connectivity index (χ0v) is 13.7. The molecular weight excluding hydrogens is 346 g/mol. The predicted octanol–water partition coefficient (Wildman–Crippen LogP) is 3.06. The van der Waals surface area contributed by atoms with Crippen molar-refractivity contribution in [2.24, 2.45) is 0 Å². The molecule has 26 heavy (non-hydrogen) atoms. The van der Waals surface area contributed by atoms with Crippen molar-refractivity contribution < 1.29 is 18.2 Å². The Labute approximate surface area is 146 Å². The summed E-state index contributed by atoms with van der Waals surface area (Å²) in [5.74, 6) is -0.710. The van der Waals surface area contributed by atoms with Crippen molar-refractivity contribution in [2.45, 2.75) is 25.8 Å². The van der Waals surface area contributed by atoms with Crippen molar-refractivity contribution in [1.82, 2.24) is 20.1 Å². The van der Waals surface area contributed by atoms with E-state index >= 15 is 0 Å². The summed E-state index contributed by atoms with van der Waals surface area (Å²) < 4.78 is 31.0. The fourth-order valence-electron chi connectivity index (χ4n) is 3.18. The highest BCUT2D eigenvalue weighted by Crippen LogP contribution is 2.31. The minimum atomic E-state index is -2.90. The van der Waals surface area contributed by atoms with Gasteiger partial charge in [-0.1, -0.05) is 0 Å². The molecule has 0 aliphatic carbocycles. The maximum Gasteiger partial charge on any atom is 0.333 e. The van der Waals surface area contributed by atoms with Gasteiger partial charge in [0.1, 0.15) is 5.69 Å². The fourth-order valence-corrected chi connectivity index (χ4v) is 3.18. The van der Waals surface area contributed by atoms with Gasteiger partial charge >= 0.3 is 6.55 Å². The Bertz CT molecular complexity index is 932. The second kappa shape index (κ2) is 6.70. The van der Waals surface area contributed by atoms with Gasteiger partial charge < -0.3 is 10.2 Å². The average Bonchev–Trinajstić information content (AvgIpc) is 3.32. The smallest absolute Gasteiger partial charge is 0.333 e. The summed E-state index contributed by atoms with van der Waals surface area (Å²) in [6, 6.07) is 4.73. The molecule has 1 fully saturated rings. The average molecular weight is 362 g/mol. The maximum atomic E-state index is 12.9. The molecular formula is C16H16F2N6O2. The SMILES string of the molecule is O=C(Nc1ccc(N2CCCCC2)c2nonc12)c1ccnn1C(F)F. The summed E-state index contributed by atoms with van der Waals surface area (Å²) in [6.45, 7) is -1.07. The third kappa shape index (κ3) is 2.87. The third-order valence-corrected chi connectivity index (χ3v) is 4.43. The molecule has 1 aromatic carbocycles. The van der Waals surface area contributed by atoms with E-state index in [0.29, 0.717) is 21.4 Å². The number of carbonyl (C=O) groups is 1. The summed E-state index contributed by atoms with van der Waals surface area (Å²) in [5, 5.41) is 13.9. The van der Waals surface area contributed by atoms with E-state index in [-0.39, 0.29) is 5.69 Å². The Kier molecular flexibility index (Phi) is 4.23. The Morgan fingerprint density at radius 1 is 1.12 bits per heavy atom. The lowest BCUT2D eigenvalue weighted by Crippen LogP contribution is -2.29. The zero-order valence-electron chi connectivity index (χ0n) is 13.7. The monoisotopic (exact) mass is 362 g/mol. The van der Waals surface area contributed by atoms with Gasteiger partial charge in [0.25, 0.3) is 5.91 Å². The van der Waals surface area contributed by atoms with E-state index in [9.17, 15) is 13.6 Å². The summed E-state index contributed by atoms with van der Waals surface area (Å²) in [7, 11) is 0. The van der Waals surface area contributed by atoms with Crippen LogP contribution in [-0.2, 0) is 0 Å². The first-order valence-corrected chi connectivity index (χ1v) is 8.28. The molecule has 0 radical (unpaired) electrons. The summed E-state index contributed by atoms with van der Waals surface area (Å²) in [6.07, 6.45) is 4.54. The Morgan fingerprint density at radius 2 is 1.88 bits per heavy atom. The van der Waals surface area contributed by atoms with Gasteiger partial charge in [-0.2, -0.15) is 18.6 Å². The highest BCUT2D eigenvalue weighted by Gasteiger charge is 2.22. The van der Waals surface area contributed by atoms with Gasteiger partial charge in [0.2, 0.25) is 0 Å². The molecule has 136 valence electrons. The molecule has 3 heterocycles. The second-order valence-corrected chi connectivity index (χ2v) is 6.03. The van der Waals surface area contributed by atoms with Crippen molar-refractivity contribution in [3.8, 4) is 0 Å². The molecule has 0 bridgehead atoms. The number of carbonyl (C=O) groups excluding carboxylic acids is 1. The van der Waals surface area contributed by atoms with E-state index in [0.717, 1.165) is 37.8 Å². The first kappa shape index (κ1) is 16.4. The van der Waals surface area contributed by atoms with Crippen molar-refractivity contribution in [2.75, 3.05) is 23.3 Å². The number of hydrogen-bond donors (Lipinski definition) is 1. The van der Waals surface area contributed by atoms with Gasteiger partial charge in [-0.25, -0.2) is 4.63 Å². The molecule has 1 aliphatic rings. The Balaban J connectivity index is 1.64. The number of anilines is 2. The molecule has 1 aliphatic heterocycles. The van der Waals surface area contributed by atoms with E-state index in [1.165, 1.54) is 12.5 Å². The molecule has 0 saturated carbocycles. The molecule has 3 aromatic rings. The van der Waals surface area contributed by atoms with Gasteiger partial charge in [0, 0.05) is 19.3 Å². The normalized spacial score (nSPS) is 15.0. The third-order valence-electron chi connectivity index (χ3n) is 4.43. The van der Waals surface area contributed by atoms with E-state index in [1.807, 2.05) is 6.07 Å². The highest BCUT2D eigenvalue weighted by molar-refractivity contribution is 6.08. The van der Waals surface area contributed by atoms with Crippen molar-refractivity contribution in [1.29, 1.82) is 0 Å². The molecule has 1 N–H and O–H groups in total. The molecule has 1 amide bonds. The Hall–Kier alpha value is -3.04. The van der Waals surface area contributed by atoms with Crippen LogP contribution in [0.4, 0.5) is 20.2 Å². The number of aromatic nitrogens is 4. The van der Waals surface area contributed by atoms with Crippen molar-refractivity contribution in [3.05, 3.63) is 30.1 Å². The molecule has 2 aromatic heterocycles. The first-order chi connectivity index (χ1) is 12.6. The minimum absolute atomic E-state index is 0.246. The predicted molar refractivity (Wildman–Crippen MR) is 89.3 cm³/mol. The van der Waals surface area contributed by atoms with E-state index in [4.69, 9.17) is 4.63 Å². The van der Waals surface area contributed by atoms with Gasteiger partial charge in [0.15, 0.2) is 11.0 Å². The van der Waals surface area contributed by atoms with Crippen LogP contribution in [0.3, 0.4) is 0 Å². The summed E-state index contributed by atoms with van der Waals surface area (Å²) >= 11 is 0. The van der Waals surface area contributed by atoms with Crippen molar-refractivity contribution >= 4 is 28.3 Å². The number of alkyl halides is 2. The lowest BCUT2D eigenvalue weighted by molar-refractivity contribution is 0.0520. The molecule has 10 heteroatoms. The Morgan fingerprint density at radius 3 is 2.65 bits per heavy atom. The highest BCUT2D eigenvalue weighted by atomic mass is 19.3. The number of piperidine rings is 1. The topological polar surface area (TPSA) is 89.1 Å². The molecule has 1 saturated heterocycles. The van der Waals surface area contributed by atoms with Crippen LogP contribution >= 0.6 is 0 Å². The number of amides is 1. The first-order valence-electron chi connectivity index (χ1n) is 8.28. The van der Waals surface area contributed by atoms with Crippen LogP contribution < -0.4 is 10.2 Å². The standard InChI is InChI=1S/C16H16F2N6O2/c17-16(18)24-12(6-7-19-24)15(25)20-10-4-5-11(14-13(10)21-26-22-14)23-8-2-1-3-9-23/h4-7,16H,1-3,8-9H2,(H,20,25). The number of benzene rings is 1. The number of rotatable bonds is 4. The number of nitrogens with one attached hydrogen (secondary N) is 1. The molecule has 4 rings (SSSR count). The lowest BCUT2D eigenvalue weighted by atomic mass is 10.1. The van der Waals surface area contributed by atoms with E-state index < -0.39 is 12.5 Å². The summed E-state index contributed by atoms with van der Waals surface area (Å²) in [4.78, 5) is 14.6. The maximum absolute atomic E-state index is 12.9. The van der Waals surface area contributed by atoms with Crippen LogP contribution in [0.25, 0.3) is 11.0 Å². The number of hydrogen-bond acceptors (Lipinski definition) is 6. The molecule has 0 spiro atoms. The van der Waals surface area contributed by atoms with Gasteiger partial charge in [-0.15, -0.1) is 0 Å². The van der Waals surface area contributed by atoms with E-state index in [1.54, 1.807) is 6.07 Å². The largest absolute Gasteiger partial charge is 0.370 e. The molecule has 8 nitrogen and oxygen atoms in total. The second-order valence-electron chi connectivity index (χ2n) is 6.03. The lowest BCUT2D eigenvalue weighted by Gasteiger charge is -2.28. The van der Waals surface area contributed by atoms with Gasteiger partial charge in [-0.05, 0) is 47.8 Å². The number of fused-ring (bicyclic) bond motifs is 1. The quantitative estimate of drug-likeness (QED) is 0.767. The van der Waals surface area contributed by atoms with Crippen LogP contribution in [-0.4, -0.2) is 39.1 Å². The number of halogens is 2. The van der Waals surface area contributed by atoms with Crippen LogP contribution in [0, 0.1) is 0 Å². The van der Waals surface area contributed by atoms with Crippen LogP contribution in [0.15, 0.2) is 29.0 Å². The minimum Gasteiger partial charge on any atom is -0.370 e. The molecule has 0 unspecified atom stereocenters. The van der Waals surface area contributed by atoms with Crippen LogP contribution in [0.2, 0.25) is 0 Å².